The number of halogens is 2. The van der Waals surface area contributed by atoms with Gasteiger partial charge in [0.25, 0.3) is 0 Å². The lowest BCUT2D eigenvalue weighted by atomic mass is 10.1. The lowest BCUT2D eigenvalue weighted by Crippen LogP contribution is -3.00. The number of benzene rings is 2. The molecule has 0 saturated carbocycles. The van der Waals surface area contributed by atoms with Crippen LogP contribution in [-0.2, 0) is 6.54 Å². The smallest absolute Gasteiger partial charge is 0.227 e. The summed E-state index contributed by atoms with van der Waals surface area (Å²) in [5.41, 5.74) is 1.68. The second-order valence-electron chi connectivity index (χ2n) is 4.63. The van der Waals surface area contributed by atoms with E-state index in [9.17, 15) is 4.79 Å². The second-order valence-corrected chi connectivity index (χ2v) is 5.06. The van der Waals surface area contributed by atoms with Gasteiger partial charge in [-0.25, -0.2) is 0 Å². The lowest BCUT2D eigenvalue weighted by Gasteiger charge is -2.02. The number of carbonyl (C=O) groups is 1. The summed E-state index contributed by atoms with van der Waals surface area (Å²) in [7, 11) is 0. The van der Waals surface area contributed by atoms with Crippen molar-refractivity contribution < 1.29 is 26.3 Å². The molecule has 4 heteroatoms. The zero-order valence-electron chi connectivity index (χ0n) is 11.2. The van der Waals surface area contributed by atoms with Crippen LogP contribution in [0.1, 0.15) is 10.4 Å². The van der Waals surface area contributed by atoms with Crippen molar-refractivity contribution in [1.82, 2.24) is 0 Å². The summed E-state index contributed by atoms with van der Waals surface area (Å²) in [5, 5.41) is 1.70. The Morgan fingerprint density at radius 3 is 2.57 bits per heavy atom. The number of hydrogen-bond donors (Lipinski definition) is 0. The SMILES string of the molecule is O=C(C[n+]1cccc2ccccc21)c1cccc(Cl)c1.[Br-]. The minimum Gasteiger partial charge on any atom is -1.00 e. The van der Waals surface area contributed by atoms with Gasteiger partial charge in [-0.3, -0.25) is 4.79 Å². The molecule has 1 aromatic heterocycles. The van der Waals surface area contributed by atoms with Gasteiger partial charge in [0.2, 0.25) is 17.8 Å². The predicted octanol–water partition coefficient (Wildman–Crippen LogP) is 0.668. The van der Waals surface area contributed by atoms with Crippen molar-refractivity contribution >= 4 is 28.3 Å². The maximum Gasteiger partial charge on any atom is 0.227 e. The number of rotatable bonds is 3. The van der Waals surface area contributed by atoms with Gasteiger partial charge < -0.3 is 17.0 Å². The number of para-hydroxylation sites is 1. The molecule has 21 heavy (non-hydrogen) atoms. The molecule has 3 aromatic rings. The quantitative estimate of drug-likeness (QED) is 0.495. The van der Waals surface area contributed by atoms with Crippen LogP contribution in [0.5, 0.6) is 0 Å². The number of nitrogens with zero attached hydrogens (tertiary/aromatic N) is 1. The largest absolute Gasteiger partial charge is 1.00 e. The van der Waals surface area contributed by atoms with Gasteiger partial charge in [-0.15, -0.1) is 0 Å². The van der Waals surface area contributed by atoms with Gasteiger partial charge >= 0.3 is 0 Å². The first-order chi connectivity index (χ1) is 9.74. The van der Waals surface area contributed by atoms with Crippen LogP contribution >= 0.6 is 11.6 Å². The van der Waals surface area contributed by atoms with Crippen molar-refractivity contribution in [1.29, 1.82) is 0 Å². The summed E-state index contributed by atoms with van der Waals surface area (Å²) in [5.74, 6) is 0.0499. The Morgan fingerprint density at radius 2 is 1.76 bits per heavy atom. The summed E-state index contributed by atoms with van der Waals surface area (Å²) >= 11 is 5.93. The molecule has 2 nitrogen and oxygen atoms in total. The third-order valence-corrected chi connectivity index (χ3v) is 3.48. The van der Waals surface area contributed by atoms with E-state index in [1.807, 2.05) is 47.2 Å². The normalized spacial score (nSPS) is 10.1. The number of Topliss-reactive ketones (excluding diaryl/α,β-unsaturated/α-hetero) is 1. The van der Waals surface area contributed by atoms with Gasteiger partial charge in [0.05, 0.1) is 0 Å². The standard InChI is InChI=1S/C17H13ClNO.BrH/c18-15-8-3-6-14(11-15)17(20)12-19-10-4-7-13-5-1-2-9-16(13)19;/h1-11H,12H2;1H/q+1;/p-1. The Balaban J connectivity index is 0.00000161. The van der Waals surface area contributed by atoms with Crippen LogP contribution < -0.4 is 21.5 Å². The number of ketones is 1. The number of fused-ring (bicyclic) bond motifs is 1. The Kier molecular flexibility index (Phi) is 5.10. The van der Waals surface area contributed by atoms with E-state index in [0.717, 1.165) is 10.9 Å². The number of hydrogen-bond acceptors (Lipinski definition) is 1. The molecule has 2 aromatic carbocycles. The zero-order valence-corrected chi connectivity index (χ0v) is 13.5. The molecular weight excluding hydrogens is 350 g/mol. The Labute approximate surface area is 138 Å². The molecule has 0 amide bonds. The van der Waals surface area contributed by atoms with E-state index >= 15 is 0 Å². The summed E-state index contributed by atoms with van der Waals surface area (Å²) in [6, 6.07) is 19.1. The van der Waals surface area contributed by atoms with E-state index in [1.54, 1.807) is 24.3 Å². The third kappa shape index (κ3) is 3.49. The van der Waals surface area contributed by atoms with Gasteiger partial charge in [0, 0.05) is 28.1 Å². The molecule has 0 fully saturated rings. The molecule has 3 rings (SSSR count). The van der Waals surface area contributed by atoms with Gasteiger partial charge in [-0.1, -0.05) is 35.9 Å². The molecular formula is C17H13BrClNO. The average molecular weight is 363 g/mol. The molecule has 0 aliphatic heterocycles. The van der Waals surface area contributed by atoms with E-state index in [-0.39, 0.29) is 22.8 Å². The highest BCUT2D eigenvalue weighted by Crippen LogP contribution is 2.12. The summed E-state index contributed by atoms with van der Waals surface area (Å²) in [6.07, 6.45) is 1.92. The fraction of sp³-hybridized carbons (Fsp3) is 0.0588. The number of carbonyl (C=O) groups excluding carboxylic acids is 1. The molecule has 0 bridgehead atoms. The average Bonchev–Trinajstić information content (AvgIpc) is 2.47. The Morgan fingerprint density at radius 1 is 1.00 bits per heavy atom. The highest BCUT2D eigenvalue weighted by atomic mass is 79.9. The molecule has 0 atom stereocenters. The molecule has 0 unspecified atom stereocenters. The molecule has 1 heterocycles. The van der Waals surface area contributed by atoms with E-state index in [2.05, 4.69) is 0 Å². The van der Waals surface area contributed by atoms with Gasteiger partial charge in [0.1, 0.15) is 0 Å². The van der Waals surface area contributed by atoms with Crippen LogP contribution in [0.15, 0.2) is 66.9 Å². The molecule has 0 spiro atoms. The fourth-order valence-electron chi connectivity index (χ4n) is 2.27. The first kappa shape index (κ1) is 15.7. The lowest BCUT2D eigenvalue weighted by molar-refractivity contribution is -0.657. The van der Waals surface area contributed by atoms with Crippen molar-refractivity contribution in [3.63, 3.8) is 0 Å². The van der Waals surface area contributed by atoms with Gasteiger partial charge in [-0.2, -0.15) is 4.57 Å². The molecule has 0 radical (unpaired) electrons. The van der Waals surface area contributed by atoms with Crippen LogP contribution in [0.25, 0.3) is 10.9 Å². The van der Waals surface area contributed by atoms with Crippen molar-refractivity contribution in [2.75, 3.05) is 0 Å². The first-order valence-corrected chi connectivity index (χ1v) is 6.78. The second kappa shape index (κ2) is 6.83. The monoisotopic (exact) mass is 361 g/mol. The molecule has 0 aliphatic carbocycles. The third-order valence-electron chi connectivity index (χ3n) is 3.25. The van der Waals surface area contributed by atoms with Crippen molar-refractivity contribution in [2.24, 2.45) is 0 Å². The highest BCUT2D eigenvalue weighted by molar-refractivity contribution is 6.30. The molecule has 106 valence electrons. The van der Waals surface area contributed by atoms with E-state index in [0.29, 0.717) is 17.1 Å². The van der Waals surface area contributed by atoms with E-state index < -0.39 is 0 Å². The predicted molar refractivity (Wildman–Crippen MR) is 79.9 cm³/mol. The molecule has 0 saturated heterocycles. The highest BCUT2D eigenvalue weighted by Gasteiger charge is 2.15. The van der Waals surface area contributed by atoms with Crippen LogP contribution in [0.3, 0.4) is 0 Å². The van der Waals surface area contributed by atoms with E-state index in [1.165, 1.54) is 0 Å². The summed E-state index contributed by atoms with van der Waals surface area (Å²) in [6.45, 7) is 0.307. The molecule has 0 aliphatic rings. The first-order valence-electron chi connectivity index (χ1n) is 6.40. The van der Waals surface area contributed by atoms with Crippen LogP contribution in [0.4, 0.5) is 0 Å². The minimum atomic E-state index is 0. The topological polar surface area (TPSA) is 20.9 Å². The fourth-order valence-corrected chi connectivity index (χ4v) is 2.46. The minimum absolute atomic E-state index is 0. The Bertz CT molecular complexity index is 783. The van der Waals surface area contributed by atoms with Crippen LogP contribution in [-0.4, -0.2) is 5.78 Å². The zero-order chi connectivity index (χ0) is 13.9. The van der Waals surface area contributed by atoms with Crippen molar-refractivity contribution in [3.05, 3.63) is 77.4 Å². The van der Waals surface area contributed by atoms with Crippen LogP contribution in [0.2, 0.25) is 5.02 Å². The maximum atomic E-state index is 12.3. The Hall–Kier alpha value is -1.71. The number of aromatic nitrogens is 1. The number of pyridine rings is 1. The van der Waals surface area contributed by atoms with Gasteiger partial charge in [-0.05, 0) is 24.3 Å². The van der Waals surface area contributed by atoms with Crippen molar-refractivity contribution in [3.8, 4) is 0 Å². The summed E-state index contributed by atoms with van der Waals surface area (Å²) in [4.78, 5) is 12.3. The van der Waals surface area contributed by atoms with Crippen molar-refractivity contribution in [2.45, 2.75) is 6.54 Å². The molecule has 0 N–H and O–H groups in total. The maximum absolute atomic E-state index is 12.3. The summed E-state index contributed by atoms with van der Waals surface area (Å²) < 4.78 is 1.96. The van der Waals surface area contributed by atoms with Crippen LogP contribution in [0, 0.1) is 0 Å². The van der Waals surface area contributed by atoms with Gasteiger partial charge in [0.15, 0.2) is 6.20 Å². The van der Waals surface area contributed by atoms with E-state index in [4.69, 9.17) is 11.6 Å².